The Morgan fingerprint density at radius 3 is 3.08 bits per heavy atom. The number of rotatable bonds is 4. The standard InChI is InChI=1S/C17H21N5O2S/c1-2-8-25(23,24)22-7-3-4-12(11-22)16-15-13(10-20-21-16)9-19-17-14(15)5-6-18-17/h5-6,9-10,12H,2-4,7-8,11H2,1H3,(H,18,19). The zero-order chi connectivity index (χ0) is 17.4. The van der Waals surface area contributed by atoms with E-state index in [0.717, 1.165) is 40.3 Å². The number of nitrogens with one attached hydrogen (secondary N) is 1. The van der Waals surface area contributed by atoms with Crippen molar-refractivity contribution < 1.29 is 8.42 Å². The van der Waals surface area contributed by atoms with Gasteiger partial charge in [0, 0.05) is 47.6 Å². The van der Waals surface area contributed by atoms with E-state index in [1.165, 1.54) is 0 Å². The van der Waals surface area contributed by atoms with Crippen molar-refractivity contribution >= 4 is 31.8 Å². The summed E-state index contributed by atoms with van der Waals surface area (Å²) in [6.45, 7) is 2.97. The fourth-order valence-electron chi connectivity index (χ4n) is 3.70. The number of pyridine rings is 1. The predicted octanol–water partition coefficient (Wildman–Crippen LogP) is 2.43. The number of hydrogen-bond donors (Lipinski definition) is 1. The first kappa shape index (κ1) is 16.4. The molecule has 132 valence electrons. The van der Waals surface area contributed by atoms with E-state index in [0.29, 0.717) is 19.5 Å². The molecule has 1 fully saturated rings. The second-order valence-corrected chi connectivity index (χ2v) is 8.66. The topological polar surface area (TPSA) is 91.8 Å². The van der Waals surface area contributed by atoms with Crippen LogP contribution in [-0.4, -0.2) is 51.7 Å². The van der Waals surface area contributed by atoms with Gasteiger partial charge in [-0.25, -0.2) is 17.7 Å². The van der Waals surface area contributed by atoms with Gasteiger partial charge in [-0.3, -0.25) is 0 Å². The lowest BCUT2D eigenvalue weighted by Gasteiger charge is -2.31. The molecule has 25 heavy (non-hydrogen) atoms. The second-order valence-electron chi connectivity index (χ2n) is 6.57. The van der Waals surface area contributed by atoms with E-state index in [4.69, 9.17) is 0 Å². The molecule has 1 aliphatic rings. The molecule has 8 heteroatoms. The van der Waals surface area contributed by atoms with Crippen molar-refractivity contribution in [2.75, 3.05) is 18.8 Å². The molecule has 1 unspecified atom stereocenters. The normalized spacial score (nSPS) is 19.6. The Bertz CT molecular complexity index is 1010. The van der Waals surface area contributed by atoms with Gasteiger partial charge in [-0.15, -0.1) is 0 Å². The van der Waals surface area contributed by atoms with Crippen molar-refractivity contribution in [1.29, 1.82) is 0 Å². The van der Waals surface area contributed by atoms with Crippen LogP contribution in [0.25, 0.3) is 21.8 Å². The predicted molar refractivity (Wildman–Crippen MR) is 96.8 cm³/mol. The maximum Gasteiger partial charge on any atom is 0.214 e. The van der Waals surface area contributed by atoms with E-state index < -0.39 is 10.0 Å². The smallest absolute Gasteiger partial charge is 0.214 e. The van der Waals surface area contributed by atoms with E-state index in [9.17, 15) is 8.42 Å². The maximum absolute atomic E-state index is 12.5. The zero-order valence-corrected chi connectivity index (χ0v) is 15.0. The number of fused-ring (bicyclic) bond motifs is 3. The fourth-order valence-corrected chi connectivity index (χ4v) is 5.29. The molecule has 7 nitrogen and oxygen atoms in total. The van der Waals surface area contributed by atoms with Crippen LogP contribution < -0.4 is 0 Å². The minimum atomic E-state index is -3.19. The van der Waals surface area contributed by atoms with Crippen molar-refractivity contribution in [2.45, 2.75) is 32.1 Å². The third-order valence-electron chi connectivity index (χ3n) is 4.86. The van der Waals surface area contributed by atoms with Crippen LogP contribution in [0.15, 0.2) is 24.7 Å². The SMILES string of the molecule is CCCS(=O)(=O)N1CCCC(c2nncc3cnc4[nH]ccc4c23)C1. The fraction of sp³-hybridized carbons (Fsp3) is 0.471. The van der Waals surface area contributed by atoms with Gasteiger partial charge in [-0.05, 0) is 25.3 Å². The van der Waals surface area contributed by atoms with Crippen molar-refractivity contribution in [3.05, 3.63) is 30.4 Å². The third-order valence-corrected chi connectivity index (χ3v) is 6.90. The van der Waals surface area contributed by atoms with Crippen LogP contribution in [-0.2, 0) is 10.0 Å². The average Bonchev–Trinajstić information content (AvgIpc) is 3.10. The minimum Gasteiger partial charge on any atom is -0.346 e. The number of H-pyrrole nitrogens is 1. The lowest BCUT2D eigenvalue weighted by molar-refractivity contribution is 0.313. The van der Waals surface area contributed by atoms with Gasteiger partial charge in [0.05, 0.1) is 17.6 Å². The van der Waals surface area contributed by atoms with E-state index in [2.05, 4.69) is 20.2 Å². The number of piperidine rings is 1. The quantitative estimate of drug-likeness (QED) is 0.772. The molecule has 4 heterocycles. The molecule has 0 aliphatic carbocycles. The van der Waals surface area contributed by atoms with Crippen LogP contribution in [0.5, 0.6) is 0 Å². The summed E-state index contributed by atoms with van der Waals surface area (Å²) in [6, 6.07) is 1.99. The van der Waals surface area contributed by atoms with Gasteiger partial charge in [0.25, 0.3) is 0 Å². The summed E-state index contributed by atoms with van der Waals surface area (Å²) in [4.78, 5) is 7.53. The highest BCUT2D eigenvalue weighted by Gasteiger charge is 2.31. The van der Waals surface area contributed by atoms with E-state index >= 15 is 0 Å². The first-order valence-electron chi connectivity index (χ1n) is 8.65. The van der Waals surface area contributed by atoms with Crippen LogP contribution in [0.1, 0.15) is 37.8 Å². The number of nitrogens with zero attached hydrogens (tertiary/aromatic N) is 4. The summed E-state index contributed by atoms with van der Waals surface area (Å²) in [6.07, 6.45) is 7.76. The zero-order valence-electron chi connectivity index (χ0n) is 14.1. The highest BCUT2D eigenvalue weighted by atomic mass is 32.2. The molecule has 1 N–H and O–H groups in total. The lowest BCUT2D eigenvalue weighted by Crippen LogP contribution is -2.40. The van der Waals surface area contributed by atoms with Crippen LogP contribution in [0.4, 0.5) is 0 Å². The molecular weight excluding hydrogens is 338 g/mol. The first-order chi connectivity index (χ1) is 12.1. The summed E-state index contributed by atoms with van der Waals surface area (Å²) in [5.41, 5.74) is 1.69. The van der Waals surface area contributed by atoms with Crippen molar-refractivity contribution in [2.24, 2.45) is 0 Å². The summed E-state index contributed by atoms with van der Waals surface area (Å²) in [5.74, 6) is 0.254. The Kier molecular flexibility index (Phi) is 4.16. The molecular formula is C17H21N5O2S. The van der Waals surface area contributed by atoms with Crippen LogP contribution in [0, 0.1) is 0 Å². The molecule has 1 atom stereocenters. The van der Waals surface area contributed by atoms with Crippen molar-refractivity contribution in [3.63, 3.8) is 0 Å². The molecule has 1 aliphatic heterocycles. The molecule has 0 saturated carbocycles. The summed E-state index contributed by atoms with van der Waals surface area (Å²) in [5, 5.41) is 11.5. The first-order valence-corrected chi connectivity index (χ1v) is 10.3. The van der Waals surface area contributed by atoms with Gasteiger partial charge < -0.3 is 4.98 Å². The molecule has 0 amide bonds. The van der Waals surface area contributed by atoms with Gasteiger partial charge in [0.15, 0.2) is 0 Å². The summed E-state index contributed by atoms with van der Waals surface area (Å²) >= 11 is 0. The number of sulfonamides is 1. The molecule has 0 bridgehead atoms. The maximum atomic E-state index is 12.5. The Balaban J connectivity index is 1.78. The van der Waals surface area contributed by atoms with Crippen molar-refractivity contribution in [3.8, 4) is 0 Å². The lowest BCUT2D eigenvalue weighted by atomic mass is 9.92. The number of aromatic nitrogens is 4. The molecule has 0 aromatic carbocycles. The van der Waals surface area contributed by atoms with Gasteiger partial charge in [0.2, 0.25) is 10.0 Å². The second kappa shape index (κ2) is 6.34. The Labute approximate surface area is 146 Å². The van der Waals surface area contributed by atoms with Gasteiger partial charge in [-0.1, -0.05) is 6.92 Å². The number of aromatic amines is 1. The molecule has 1 saturated heterocycles. The van der Waals surface area contributed by atoms with E-state index in [-0.39, 0.29) is 11.7 Å². The van der Waals surface area contributed by atoms with Crippen LogP contribution >= 0.6 is 0 Å². The molecule has 0 spiro atoms. The van der Waals surface area contributed by atoms with Gasteiger partial charge in [-0.2, -0.15) is 10.2 Å². The minimum absolute atomic E-state index is 0.0529. The van der Waals surface area contributed by atoms with Gasteiger partial charge >= 0.3 is 0 Å². The third kappa shape index (κ3) is 2.89. The Morgan fingerprint density at radius 2 is 2.24 bits per heavy atom. The Hall–Kier alpha value is -2.06. The highest BCUT2D eigenvalue weighted by Crippen LogP contribution is 2.34. The Morgan fingerprint density at radius 1 is 1.36 bits per heavy atom. The monoisotopic (exact) mass is 359 g/mol. The summed E-state index contributed by atoms with van der Waals surface area (Å²) in [7, 11) is -3.19. The molecule has 3 aromatic heterocycles. The van der Waals surface area contributed by atoms with Crippen LogP contribution in [0.3, 0.4) is 0 Å². The summed E-state index contributed by atoms with van der Waals surface area (Å²) < 4.78 is 26.6. The number of hydrogen-bond acceptors (Lipinski definition) is 5. The van der Waals surface area contributed by atoms with Gasteiger partial charge in [0.1, 0.15) is 5.65 Å². The molecule has 3 aromatic rings. The van der Waals surface area contributed by atoms with E-state index in [1.54, 1.807) is 16.7 Å². The molecule has 0 radical (unpaired) electrons. The van der Waals surface area contributed by atoms with E-state index in [1.807, 2.05) is 19.2 Å². The highest BCUT2D eigenvalue weighted by molar-refractivity contribution is 7.89. The van der Waals surface area contributed by atoms with Crippen LogP contribution in [0.2, 0.25) is 0 Å². The average molecular weight is 359 g/mol. The largest absolute Gasteiger partial charge is 0.346 e. The van der Waals surface area contributed by atoms with Crippen molar-refractivity contribution in [1.82, 2.24) is 24.5 Å². The molecule has 4 rings (SSSR count).